The van der Waals surface area contributed by atoms with Crippen molar-refractivity contribution in [2.75, 3.05) is 45.8 Å². The molecule has 0 aliphatic heterocycles. The van der Waals surface area contributed by atoms with Crippen molar-refractivity contribution >= 4 is 136 Å². The normalized spacial score (nSPS) is 11.2. The first-order valence-electron chi connectivity index (χ1n) is 50.5. The van der Waals surface area contributed by atoms with Crippen molar-refractivity contribution in [2.24, 2.45) is 0 Å². The zero-order valence-corrected chi connectivity index (χ0v) is 83.6. The van der Waals surface area contributed by atoms with Crippen LogP contribution in [0.25, 0.3) is 0 Å². The van der Waals surface area contributed by atoms with Gasteiger partial charge in [-0.05, 0) is 436 Å². The van der Waals surface area contributed by atoms with Crippen LogP contribution < -0.4 is 43.9 Å². The second-order valence-corrected chi connectivity index (χ2v) is 37.6. The maximum Gasteiger partial charge on any atom is 0.121 e. The molecule has 0 saturated carbocycles. The van der Waals surface area contributed by atoms with Gasteiger partial charge < -0.3 is 43.9 Å². The van der Waals surface area contributed by atoms with Crippen LogP contribution in [0.5, 0.6) is 5.75 Å². The maximum absolute atomic E-state index is 6.37. The van der Waals surface area contributed by atoms with Gasteiger partial charge in [0.25, 0.3) is 0 Å². The van der Waals surface area contributed by atoms with Crippen molar-refractivity contribution in [1.82, 2.24) is 0 Å². The molecule has 17 aromatic rings. The molecule has 0 bridgehead atoms. The lowest BCUT2D eigenvalue weighted by Gasteiger charge is -2.32. The number of nitrogens with zero attached hydrogens (tertiary/aromatic N) is 8. The molecule has 139 heavy (non-hydrogen) atoms. The lowest BCUT2D eigenvalue weighted by atomic mass is 10.0. The van der Waals surface area contributed by atoms with Crippen LogP contribution in [0, 0.1) is 55.4 Å². The summed E-state index contributed by atoms with van der Waals surface area (Å²) >= 11 is 0. The van der Waals surface area contributed by atoms with Crippen LogP contribution in [-0.2, 0) is 25.7 Å². The molecule has 17 rings (SSSR count). The van der Waals surface area contributed by atoms with E-state index in [2.05, 4.69) is 524 Å². The van der Waals surface area contributed by atoms with Crippen LogP contribution in [0.2, 0.25) is 0 Å². The van der Waals surface area contributed by atoms with Crippen LogP contribution in [0.4, 0.5) is 136 Å². The Morgan fingerprint density at radius 2 is 0.403 bits per heavy atom. The van der Waals surface area contributed by atoms with Crippen molar-refractivity contribution in [1.29, 1.82) is 0 Å². The number of hydrogen-bond acceptors (Lipinski definition) is 9. The number of unbranched alkanes of at least 4 members (excludes halogenated alkanes) is 5. The molecule has 0 amide bonds. The zero-order chi connectivity index (χ0) is 96.3. The summed E-state index contributed by atoms with van der Waals surface area (Å²) in [5.74, 6) is 0.854. The Labute approximate surface area is 828 Å². The summed E-state index contributed by atoms with van der Waals surface area (Å²) < 4.78 is 6.37. The quantitative estimate of drug-likeness (QED) is 0.0349. The summed E-state index contributed by atoms with van der Waals surface area (Å²) in [4.78, 5) is 19.2. The molecular formula is C130H134N8O. The number of anilines is 24. The maximum atomic E-state index is 6.37. The van der Waals surface area contributed by atoms with Gasteiger partial charge >= 0.3 is 0 Å². The van der Waals surface area contributed by atoms with Gasteiger partial charge in [0.05, 0.1) is 12.3 Å². The Morgan fingerprint density at radius 3 is 0.683 bits per heavy atom. The van der Waals surface area contributed by atoms with Gasteiger partial charge in [-0.2, -0.15) is 0 Å². The highest BCUT2D eigenvalue weighted by Crippen LogP contribution is 2.50. The SMILES string of the molecule is CCCCOc1cccc(N(c2ccc(N(c3ccc(N(c4ccc(C)cc4)c4cc(C)ccc4C)cc3)c3ccc(N(c4ccc(N(c5ccc(N(c6ccc(CCCC)cc6)c6ccc(CCCC)cc6)cc5)c5ccc(N(c6ccc(C)cc6)c6ccc(N(c7ccc(CCCC)cc7)c7ccc(CCCC)cc7)cc6)cc5)cc4)c4c(C)cc(C)cc4C)cc3)cc2)c2cccc(C)c2)c1. The molecule has 0 radical (unpaired) electrons. The summed E-state index contributed by atoms with van der Waals surface area (Å²) in [6, 6.07) is 147. The first-order valence-corrected chi connectivity index (χ1v) is 50.5. The largest absolute Gasteiger partial charge is 0.494 e. The van der Waals surface area contributed by atoms with E-state index in [9.17, 15) is 0 Å². The van der Waals surface area contributed by atoms with E-state index in [4.69, 9.17) is 4.74 Å². The average Bonchev–Trinajstić information content (AvgIpc) is 0.742. The van der Waals surface area contributed by atoms with Crippen LogP contribution in [0.15, 0.2) is 394 Å². The molecular weight excluding hydrogens is 1690 g/mol. The minimum atomic E-state index is 0.668. The van der Waals surface area contributed by atoms with Gasteiger partial charge in [0.2, 0.25) is 0 Å². The standard InChI is InChI=1S/C130H134N8O/c1-14-19-27-102-40-52-107(53-41-102)132(108-54-42-103(43-55-108)28-20-15-2)113-64-60-111(61-65-113)131(106-48-35-94(6)36-49-106)112-62-68-115(69-63-112)134(116-70-66-114(67-71-116)133(109-56-44-104(45-57-109)29-21-16-3)110-58-46-105(47-59-110)30-22-17-4)119-78-84-124(85-79-119)138(130-100(12)89-98(10)90-101(130)13)125-86-80-120(81-87-125)135(118-76-82-123(83-77-118)137(122-50-37-95(7)38-51-122)129-92-97(9)34-39-99(129)11)117-72-74-121(75-73-117)136(126-31-24-26-96(8)91-126)127-32-25-33-128(93-127)139-88-23-18-5/h24-26,31-87,89-93H,14-23,27-30,88H2,1-13H3. The van der Waals surface area contributed by atoms with E-state index in [0.29, 0.717) is 6.61 Å². The van der Waals surface area contributed by atoms with Gasteiger partial charge in [-0.15, -0.1) is 0 Å². The van der Waals surface area contributed by atoms with E-state index in [-0.39, 0.29) is 0 Å². The summed E-state index contributed by atoms with van der Waals surface area (Å²) in [5, 5.41) is 0. The van der Waals surface area contributed by atoms with E-state index >= 15 is 0 Å². The minimum absolute atomic E-state index is 0.668. The van der Waals surface area contributed by atoms with Crippen molar-refractivity contribution in [3.8, 4) is 5.75 Å². The Balaban J connectivity index is 0.767. The smallest absolute Gasteiger partial charge is 0.121 e. The van der Waals surface area contributed by atoms with Gasteiger partial charge in [-0.25, -0.2) is 0 Å². The van der Waals surface area contributed by atoms with Gasteiger partial charge in [0.15, 0.2) is 0 Å². The van der Waals surface area contributed by atoms with Gasteiger partial charge in [0.1, 0.15) is 5.75 Å². The molecule has 9 nitrogen and oxygen atoms in total. The van der Waals surface area contributed by atoms with Crippen molar-refractivity contribution < 1.29 is 4.74 Å². The summed E-state index contributed by atoms with van der Waals surface area (Å²) in [6.45, 7) is 29.5. The predicted octanol–water partition coefficient (Wildman–Crippen LogP) is 38.5. The minimum Gasteiger partial charge on any atom is -0.494 e. The molecule has 0 aliphatic rings. The number of ether oxygens (including phenoxy) is 1. The lowest BCUT2D eigenvalue weighted by molar-refractivity contribution is 0.309. The van der Waals surface area contributed by atoms with E-state index in [1.807, 2.05) is 0 Å². The second kappa shape index (κ2) is 45.3. The van der Waals surface area contributed by atoms with Gasteiger partial charge in [-0.1, -0.05) is 199 Å². The summed E-state index contributed by atoms with van der Waals surface area (Å²) in [5.41, 5.74) is 40.6. The van der Waals surface area contributed by atoms with Crippen LogP contribution >= 0.6 is 0 Å². The van der Waals surface area contributed by atoms with E-state index in [0.717, 1.165) is 206 Å². The molecule has 0 atom stereocenters. The number of hydrogen-bond donors (Lipinski definition) is 0. The molecule has 0 N–H and O–H groups in total. The fourth-order valence-corrected chi connectivity index (χ4v) is 19.2. The van der Waals surface area contributed by atoms with Crippen molar-refractivity contribution in [3.05, 3.63) is 461 Å². The molecule has 0 heterocycles. The van der Waals surface area contributed by atoms with Crippen LogP contribution in [-0.4, -0.2) is 6.61 Å². The monoisotopic (exact) mass is 1820 g/mol. The third kappa shape index (κ3) is 22.8. The number of aryl methyl sites for hydroxylation is 12. The molecule has 700 valence electrons. The second-order valence-electron chi connectivity index (χ2n) is 37.6. The van der Waals surface area contributed by atoms with Gasteiger partial charge in [0, 0.05) is 137 Å². The Kier molecular flexibility index (Phi) is 31.2. The lowest BCUT2D eigenvalue weighted by Crippen LogP contribution is -2.15. The van der Waals surface area contributed by atoms with Crippen molar-refractivity contribution in [2.45, 2.75) is 180 Å². The molecule has 9 heteroatoms. The van der Waals surface area contributed by atoms with Gasteiger partial charge in [-0.3, -0.25) is 0 Å². The topological polar surface area (TPSA) is 35.2 Å². The molecule has 0 unspecified atom stereocenters. The van der Waals surface area contributed by atoms with E-state index < -0.39 is 0 Å². The predicted molar refractivity (Wildman–Crippen MR) is 597 cm³/mol. The fourth-order valence-electron chi connectivity index (χ4n) is 19.2. The molecule has 0 aromatic heterocycles. The molecule has 0 aliphatic carbocycles. The Morgan fingerprint density at radius 1 is 0.173 bits per heavy atom. The van der Waals surface area contributed by atoms with Crippen LogP contribution in [0.3, 0.4) is 0 Å². The molecule has 0 fully saturated rings. The zero-order valence-electron chi connectivity index (χ0n) is 83.6. The highest BCUT2D eigenvalue weighted by Gasteiger charge is 2.27. The first-order chi connectivity index (χ1) is 68.0. The van der Waals surface area contributed by atoms with Crippen molar-refractivity contribution in [3.63, 3.8) is 0 Å². The average molecular weight is 1820 g/mol. The number of rotatable bonds is 40. The van der Waals surface area contributed by atoms with E-state index in [1.165, 1.54) is 92.4 Å². The Hall–Kier alpha value is -15.1. The Bertz CT molecular complexity index is 6720. The highest BCUT2D eigenvalue weighted by atomic mass is 16.5. The summed E-state index contributed by atoms with van der Waals surface area (Å²) in [7, 11) is 0. The number of benzene rings is 17. The summed E-state index contributed by atoms with van der Waals surface area (Å²) in [6.07, 6.45) is 15.7. The molecule has 0 saturated heterocycles. The fraction of sp³-hybridized carbons (Fsp3) is 0.215. The van der Waals surface area contributed by atoms with Crippen LogP contribution in [0.1, 0.15) is 166 Å². The van der Waals surface area contributed by atoms with E-state index in [1.54, 1.807) is 0 Å². The third-order valence-corrected chi connectivity index (χ3v) is 26.8. The third-order valence-electron chi connectivity index (χ3n) is 26.8. The molecule has 17 aromatic carbocycles. The molecule has 0 spiro atoms. The first kappa shape index (κ1) is 95.7. The highest BCUT2D eigenvalue weighted by molar-refractivity contribution is 5.91.